The van der Waals surface area contributed by atoms with Gasteiger partial charge < -0.3 is 20.6 Å². The molecule has 5 N–H and O–H groups in total. The molecule has 0 aromatic carbocycles. The normalized spacial score (nSPS) is 14.9. The van der Waals surface area contributed by atoms with Gasteiger partial charge in [-0.15, -0.1) is 0 Å². The number of carbonyl (C=O) groups is 1. The molecule has 0 rings (SSSR count). The van der Waals surface area contributed by atoms with Crippen molar-refractivity contribution in [2.24, 2.45) is 5.73 Å². The predicted molar refractivity (Wildman–Crippen MR) is 41.4 cm³/mol. The summed E-state index contributed by atoms with van der Waals surface area (Å²) in [6.45, 7) is 0. The van der Waals surface area contributed by atoms with E-state index in [2.05, 4.69) is 0 Å². The highest BCUT2D eigenvalue weighted by atomic mass is 31.2. The highest BCUT2D eigenvalue weighted by Gasteiger charge is 2.10. The van der Waals surface area contributed by atoms with Gasteiger partial charge in [-0.25, -0.2) is 0 Å². The van der Waals surface area contributed by atoms with Gasteiger partial charge in [0.15, 0.2) is 0 Å². The molecule has 1 unspecified atom stereocenters. The number of carboxylic acid groups (broad SMARTS) is 1. The average Bonchev–Trinajstić information content (AvgIpc) is 1.84. The van der Waals surface area contributed by atoms with Crippen LogP contribution in [-0.2, 0) is 9.36 Å². The standard InChI is InChI=1S/C5H10NO5P/c6-4(5(7)8)2-1-3-12(9,10)11/h1,3-4H,2,6H2,(H,7,8)(H2,9,10,11)/b3-1+. The summed E-state index contributed by atoms with van der Waals surface area (Å²) in [5.74, 6) is -0.569. The summed E-state index contributed by atoms with van der Waals surface area (Å²) >= 11 is 0. The summed E-state index contributed by atoms with van der Waals surface area (Å²) in [6.07, 6.45) is 0.958. The summed E-state index contributed by atoms with van der Waals surface area (Å²) in [6, 6.07) is -1.12. The van der Waals surface area contributed by atoms with Crippen LogP contribution in [0.5, 0.6) is 0 Å². The minimum atomic E-state index is -4.18. The van der Waals surface area contributed by atoms with Gasteiger partial charge in [0, 0.05) is 5.82 Å². The van der Waals surface area contributed by atoms with Gasteiger partial charge in [-0.2, -0.15) is 0 Å². The summed E-state index contributed by atoms with van der Waals surface area (Å²) in [4.78, 5) is 26.7. The lowest BCUT2D eigenvalue weighted by atomic mass is 10.2. The van der Waals surface area contributed by atoms with Gasteiger partial charge in [0.2, 0.25) is 0 Å². The van der Waals surface area contributed by atoms with Crippen molar-refractivity contribution in [2.45, 2.75) is 12.5 Å². The first kappa shape index (κ1) is 11.3. The van der Waals surface area contributed by atoms with Crippen molar-refractivity contribution in [1.29, 1.82) is 0 Å². The second kappa shape index (κ2) is 4.37. The van der Waals surface area contributed by atoms with Gasteiger partial charge in [0.05, 0.1) is 0 Å². The maximum atomic E-state index is 10.2. The van der Waals surface area contributed by atoms with Gasteiger partial charge in [-0.05, 0) is 6.42 Å². The second-order valence-electron chi connectivity index (χ2n) is 2.15. The third-order valence-corrected chi connectivity index (χ3v) is 1.61. The molecule has 0 aromatic rings. The smallest absolute Gasteiger partial charge is 0.348 e. The Morgan fingerprint density at radius 2 is 2.08 bits per heavy atom. The zero-order valence-corrected chi connectivity index (χ0v) is 7.02. The minimum absolute atomic E-state index is 0.0968. The predicted octanol–water partition coefficient (Wildman–Crippen LogP) is -0.520. The van der Waals surface area contributed by atoms with E-state index in [0.29, 0.717) is 5.82 Å². The van der Waals surface area contributed by atoms with E-state index in [1.807, 2.05) is 0 Å². The second-order valence-corrected chi connectivity index (χ2v) is 3.63. The molecule has 0 aliphatic rings. The van der Waals surface area contributed by atoms with Gasteiger partial charge in [0.1, 0.15) is 6.04 Å². The monoisotopic (exact) mass is 195 g/mol. The van der Waals surface area contributed by atoms with Crippen molar-refractivity contribution in [1.82, 2.24) is 0 Å². The molecular formula is C5H10NO5P. The topological polar surface area (TPSA) is 121 Å². The molecule has 0 amide bonds. The van der Waals surface area contributed by atoms with Crippen LogP contribution in [0.3, 0.4) is 0 Å². The van der Waals surface area contributed by atoms with Crippen LogP contribution < -0.4 is 5.73 Å². The highest BCUT2D eigenvalue weighted by molar-refractivity contribution is 7.55. The van der Waals surface area contributed by atoms with Crippen LogP contribution in [0.25, 0.3) is 0 Å². The summed E-state index contributed by atoms with van der Waals surface area (Å²) < 4.78 is 10.2. The highest BCUT2D eigenvalue weighted by Crippen LogP contribution is 2.35. The molecule has 0 spiro atoms. The first-order valence-corrected chi connectivity index (χ1v) is 4.72. The molecule has 0 aliphatic heterocycles. The molecule has 0 fully saturated rings. The molecule has 70 valence electrons. The van der Waals surface area contributed by atoms with Crippen LogP contribution in [0.15, 0.2) is 11.9 Å². The lowest BCUT2D eigenvalue weighted by Gasteiger charge is -2.00. The zero-order valence-electron chi connectivity index (χ0n) is 6.12. The third-order valence-electron chi connectivity index (χ3n) is 1.01. The number of nitrogens with two attached hydrogens (primary N) is 1. The van der Waals surface area contributed by atoms with E-state index in [-0.39, 0.29) is 6.42 Å². The largest absolute Gasteiger partial charge is 0.480 e. The molecule has 6 nitrogen and oxygen atoms in total. The number of carboxylic acids is 1. The van der Waals surface area contributed by atoms with Crippen molar-refractivity contribution >= 4 is 13.6 Å². The average molecular weight is 195 g/mol. The Bertz CT molecular complexity index is 232. The first-order chi connectivity index (χ1) is 5.33. The van der Waals surface area contributed by atoms with Crippen molar-refractivity contribution < 1.29 is 24.3 Å². The van der Waals surface area contributed by atoms with E-state index in [4.69, 9.17) is 20.6 Å². The van der Waals surface area contributed by atoms with E-state index >= 15 is 0 Å². The number of hydrogen-bond acceptors (Lipinski definition) is 3. The molecule has 0 radical (unpaired) electrons. The van der Waals surface area contributed by atoms with Crippen LogP contribution in [0.4, 0.5) is 0 Å². The maximum absolute atomic E-state index is 10.2. The van der Waals surface area contributed by atoms with Gasteiger partial charge in [-0.3, -0.25) is 9.36 Å². The quantitative estimate of drug-likeness (QED) is 0.448. The van der Waals surface area contributed by atoms with Gasteiger partial charge in [0.25, 0.3) is 0 Å². The van der Waals surface area contributed by atoms with Crippen LogP contribution in [0, 0.1) is 0 Å². The van der Waals surface area contributed by atoms with Crippen LogP contribution >= 0.6 is 7.60 Å². The molecule has 0 saturated heterocycles. The Balaban J connectivity index is 3.92. The number of aliphatic carboxylic acids is 1. The van der Waals surface area contributed by atoms with Crippen LogP contribution in [0.1, 0.15) is 6.42 Å². The molecular weight excluding hydrogens is 185 g/mol. The van der Waals surface area contributed by atoms with E-state index in [9.17, 15) is 9.36 Å². The number of rotatable bonds is 4. The van der Waals surface area contributed by atoms with Gasteiger partial charge >= 0.3 is 13.6 Å². The third kappa shape index (κ3) is 6.06. The molecule has 12 heavy (non-hydrogen) atoms. The van der Waals surface area contributed by atoms with E-state index in [1.165, 1.54) is 0 Å². The molecule has 7 heteroatoms. The lowest BCUT2D eigenvalue weighted by molar-refractivity contribution is -0.138. The van der Waals surface area contributed by atoms with Gasteiger partial charge in [-0.1, -0.05) is 6.08 Å². The Kier molecular flexibility index (Phi) is 4.12. The molecule has 0 heterocycles. The van der Waals surface area contributed by atoms with Crippen molar-refractivity contribution in [3.8, 4) is 0 Å². The maximum Gasteiger partial charge on any atom is 0.348 e. The van der Waals surface area contributed by atoms with E-state index in [0.717, 1.165) is 6.08 Å². The van der Waals surface area contributed by atoms with Crippen LogP contribution in [0.2, 0.25) is 0 Å². The lowest BCUT2D eigenvalue weighted by Crippen LogP contribution is -2.29. The van der Waals surface area contributed by atoms with E-state index < -0.39 is 19.6 Å². The van der Waals surface area contributed by atoms with Crippen molar-refractivity contribution in [2.75, 3.05) is 0 Å². The Labute approximate surface area is 68.9 Å². The Hall–Kier alpha value is -0.680. The molecule has 0 aliphatic carbocycles. The van der Waals surface area contributed by atoms with E-state index in [1.54, 1.807) is 0 Å². The van der Waals surface area contributed by atoms with Crippen molar-refractivity contribution in [3.05, 3.63) is 11.9 Å². The Morgan fingerprint density at radius 1 is 1.58 bits per heavy atom. The van der Waals surface area contributed by atoms with Crippen LogP contribution in [-0.4, -0.2) is 26.9 Å². The zero-order chi connectivity index (χ0) is 9.78. The molecule has 0 aromatic heterocycles. The first-order valence-electron chi connectivity index (χ1n) is 3.04. The molecule has 0 saturated carbocycles. The number of hydrogen-bond donors (Lipinski definition) is 4. The molecule has 0 bridgehead atoms. The summed E-state index contributed by atoms with van der Waals surface area (Å²) in [5.41, 5.74) is 5.04. The fourth-order valence-corrected chi connectivity index (χ4v) is 0.842. The fourth-order valence-electron chi connectivity index (χ4n) is 0.446. The minimum Gasteiger partial charge on any atom is -0.480 e. The SMILES string of the molecule is NC(C/C=C/P(=O)(O)O)C(=O)O. The van der Waals surface area contributed by atoms with Crippen molar-refractivity contribution in [3.63, 3.8) is 0 Å². The fraction of sp³-hybridized carbons (Fsp3) is 0.400. The Morgan fingerprint density at radius 3 is 2.42 bits per heavy atom. The molecule has 1 atom stereocenters. The summed E-state index contributed by atoms with van der Waals surface area (Å²) in [7, 11) is -4.18. The summed E-state index contributed by atoms with van der Waals surface area (Å²) in [5, 5.41) is 8.26.